The Morgan fingerprint density at radius 2 is 2.25 bits per heavy atom. The molecule has 0 bridgehead atoms. The van der Waals surface area contributed by atoms with Crippen molar-refractivity contribution in [1.29, 1.82) is 0 Å². The fourth-order valence-electron chi connectivity index (χ4n) is 2.97. The molecule has 1 aromatic heterocycles. The predicted octanol–water partition coefficient (Wildman–Crippen LogP) is 2.46. The summed E-state index contributed by atoms with van der Waals surface area (Å²) in [5.41, 5.74) is 1.46. The van der Waals surface area contributed by atoms with Crippen LogP contribution >= 0.6 is 0 Å². The highest BCUT2D eigenvalue weighted by Crippen LogP contribution is 2.14. The summed E-state index contributed by atoms with van der Waals surface area (Å²) in [5, 5.41) is 2.94. The number of benzene rings is 1. The van der Waals surface area contributed by atoms with E-state index < -0.39 is 0 Å². The average Bonchev–Trinajstić information content (AvgIpc) is 3.00. The zero-order valence-electron chi connectivity index (χ0n) is 13.8. The summed E-state index contributed by atoms with van der Waals surface area (Å²) in [5.74, 6) is 0.531. The Morgan fingerprint density at radius 3 is 3.04 bits per heavy atom. The normalized spacial score (nSPS) is 15.6. The summed E-state index contributed by atoms with van der Waals surface area (Å²) >= 11 is 0. The molecule has 2 N–H and O–H groups in total. The number of hydrogen-bond donors (Lipinski definition) is 2. The van der Waals surface area contributed by atoms with Crippen LogP contribution in [-0.4, -0.2) is 53.7 Å². The second-order valence-electron chi connectivity index (χ2n) is 6.13. The lowest BCUT2D eigenvalue weighted by Crippen LogP contribution is -2.46. The largest absolute Gasteiger partial charge is 0.381 e. The van der Waals surface area contributed by atoms with Gasteiger partial charge in [-0.05, 0) is 37.5 Å². The Labute approximate surface area is 140 Å². The van der Waals surface area contributed by atoms with Crippen LogP contribution in [-0.2, 0) is 11.2 Å². The molecule has 3 rings (SSSR count). The van der Waals surface area contributed by atoms with Gasteiger partial charge in [0, 0.05) is 39.3 Å². The third-order valence-corrected chi connectivity index (χ3v) is 4.42. The molecular weight excluding hydrogens is 311 g/mol. The van der Waals surface area contributed by atoms with Gasteiger partial charge in [0.2, 0.25) is 0 Å². The highest BCUT2D eigenvalue weighted by molar-refractivity contribution is 5.75. The van der Waals surface area contributed by atoms with E-state index in [2.05, 4.69) is 15.3 Å². The second kappa shape index (κ2) is 7.61. The number of carbonyl (C=O) groups is 1. The second-order valence-corrected chi connectivity index (χ2v) is 6.13. The summed E-state index contributed by atoms with van der Waals surface area (Å²) in [6.45, 7) is 2.02. The zero-order valence-corrected chi connectivity index (χ0v) is 13.8. The molecule has 1 aliphatic rings. The number of carbonyl (C=O) groups excluding carboxylic acids is 1. The van der Waals surface area contributed by atoms with E-state index in [0.29, 0.717) is 18.5 Å². The average molecular weight is 334 g/mol. The topological polar surface area (TPSA) is 70.2 Å². The first-order valence-corrected chi connectivity index (χ1v) is 8.36. The number of halogens is 1. The Kier molecular flexibility index (Phi) is 5.30. The summed E-state index contributed by atoms with van der Waals surface area (Å²) < 4.78 is 18.5. The number of H-pyrrole nitrogens is 1. The van der Waals surface area contributed by atoms with Gasteiger partial charge in [-0.1, -0.05) is 0 Å². The molecular formula is C17H23FN4O2. The van der Waals surface area contributed by atoms with Crippen molar-refractivity contribution in [2.45, 2.75) is 31.7 Å². The molecule has 2 amide bonds. The quantitative estimate of drug-likeness (QED) is 0.825. The van der Waals surface area contributed by atoms with E-state index >= 15 is 0 Å². The molecule has 1 aliphatic heterocycles. The number of aryl methyl sites for hydroxylation is 1. The van der Waals surface area contributed by atoms with Crippen LogP contribution in [0.1, 0.15) is 25.1 Å². The predicted molar refractivity (Wildman–Crippen MR) is 89.4 cm³/mol. The van der Waals surface area contributed by atoms with Gasteiger partial charge in [-0.25, -0.2) is 14.2 Å². The highest BCUT2D eigenvalue weighted by atomic mass is 19.1. The molecule has 1 saturated heterocycles. The summed E-state index contributed by atoms with van der Waals surface area (Å²) in [6, 6.07) is 4.71. The Morgan fingerprint density at radius 1 is 1.46 bits per heavy atom. The number of imidazole rings is 1. The van der Waals surface area contributed by atoms with Crippen molar-refractivity contribution < 1.29 is 13.9 Å². The summed E-state index contributed by atoms with van der Waals surface area (Å²) in [7, 11) is 1.83. The molecule has 1 fully saturated rings. The maximum absolute atomic E-state index is 13.2. The van der Waals surface area contributed by atoms with Crippen molar-refractivity contribution >= 4 is 17.1 Å². The minimum absolute atomic E-state index is 0.0476. The SMILES string of the molecule is CN(C(=O)NCCCc1nc2ccc(F)cc2[nH]1)C1CCOCC1. The standard InChI is InChI=1S/C17H23FN4O2/c1-22(13-6-9-24-10-7-13)17(23)19-8-2-3-16-20-14-5-4-12(18)11-15(14)21-16/h4-5,11,13H,2-3,6-10H2,1H3,(H,19,23)(H,20,21). The molecule has 0 aliphatic carbocycles. The minimum Gasteiger partial charge on any atom is -0.381 e. The molecule has 1 aromatic carbocycles. The van der Waals surface area contributed by atoms with Crippen LogP contribution in [0.2, 0.25) is 0 Å². The lowest BCUT2D eigenvalue weighted by atomic mass is 10.1. The van der Waals surface area contributed by atoms with Crippen molar-refractivity contribution in [3.05, 3.63) is 29.8 Å². The number of amides is 2. The van der Waals surface area contributed by atoms with Crippen molar-refractivity contribution in [2.75, 3.05) is 26.8 Å². The number of aromatic amines is 1. The number of fused-ring (bicyclic) bond motifs is 1. The van der Waals surface area contributed by atoms with E-state index in [1.165, 1.54) is 12.1 Å². The number of rotatable bonds is 5. The van der Waals surface area contributed by atoms with Crippen LogP contribution < -0.4 is 5.32 Å². The Bertz CT molecular complexity index is 697. The van der Waals surface area contributed by atoms with E-state index in [4.69, 9.17) is 4.74 Å². The van der Waals surface area contributed by atoms with Crippen molar-refractivity contribution in [3.63, 3.8) is 0 Å². The first-order chi connectivity index (χ1) is 11.6. The molecule has 0 saturated carbocycles. The fourth-order valence-corrected chi connectivity index (χ4v) is 2.97. The third kappa shape index (κ3) is 4.03. The van der Waals surface area contributed by atoms with Gasteiger partial charge in [0.15, 0.2) is 0 Å². The van der Waals surface area contributed by atoms with E-state index in [-0.39, 0.29) is 17.9 Å². The van der Waals surface area contributed by atoms with Gasteiger partial charge in [-0.15, -0.1) is 0 Å². The van der Waals surface area contributed by atoms with Gasteiger partial charge >= 0.3 is 6.03 Å². The molecule has 7 heteroatoms. The first kappa shape index (κ1) is 16.7. The summed E-state index contributed by atoms with van der Waals surface area (Å²) in [6.07, 6.45) is 3.26. The van der Waals surface area contributed by atoms with E-state index in [0.717, 1.165) is 43.8 Å². The first-order valence-electron chi connectivity index (χ1n) is 8.36. The molecule has 24 heavy (non-hydrogen) atoms. The number of ether oxygens (including phenoxy) is 1. The van der Waals surface area contributed by atoms with Gasteiger partial charge in [-0.2, -0.15) is 0 Å². The number of nitrogens with one attached hydrogen (secondary N) is 2. The zero-order chi connectivity index (χ0) is 16.9. The lowest BCUT2D eigenvalue weighted by molar-refractivity contribution is 0.0526. The highest BCUT2D eigenvalue weighted by Gasteiger charge is 2.21. The number of hydrogen-bond acceptors (Lipinski definition) is 3. The maximum atomic E-state index is 13.2. The Hall–Kier alpha value is -2.15. The third-order valence-electron chi connectivity index (χ3n) is 4.42. The number of urea groups is 1. The van der Waals surface area contributed by atoms with Crippen LogP contribution in [0.3, 0.4) is 0 Å². The smallest absolute Gasteiger partial charge is 0.317 e. The molecule has 2 aromatic rings. The molecule has 2 heterocycles. The van der Waals surface area contributed by atoms with E-state index in [1.807, 2.05) is 7.05 Å². The lowest BCUT2D eigenvalue weighted by Gasteiger charge is -2.31. The van der Waals surface area contributed by atoms with Crippen LogP contribution in [0, 0.1) is 5.82 Å². The van der Waals surface area contributed by atoms with E-state index in [1.54, 1.807) is 11.0 Å². The van der Waals surface area contributed by atoms with Crippen LogP contribution in [0.15, 0.2) is 18.2 Å². The van der Waals surface area contributed by atoms with Gasteiger partial charge in [0.1, 0.15) is 11.6 Å². The summed E-state index contributed by atoms with van der Waals surface area (Å²) in [4.78, 5) is 21.4. The van der Waals surface area contributed by atoms with Crippen LogP contribution in [0.25, 0.3) is 11.0 Å². The van der Waals surface area contributed by atoms with Crippen LogP contribution in [0.5, 0.6) is 0 Å². The van der Waals surface area contributed by atoms with Crippen molar-refractivity contribution in [3.8, 4) is 0 Å². The molecule has 0 unspecified atom stereocenters. The van der Waals surface area contributed by atoms with Gasteiger partial charge in [0.25, 0.3) is 0 Å². The monoisotopic (exact) mass is 334 g/mol. The Balaban J connectivity index is 1.43. The van der Waals surface area contributed by atoms with Gasteiger partial charge in [-0.3, -0.25) is 0 Å². The van der Waals surface area contributed by atoms with Gasteiger partial charge < -0.3 is 19.9 Å². The molecule has 0 atom stereocenters. The maximum Gasteiger partial charge on any atom is 0.317 e. The molecule has 130 valence electrons. The molecule has 0 spiro atoms. The van der Waals surface area contributed by atoms with Crippen molar-refractivity contribution in [2.24, 2.45) is 0 Å². The van der Waals surface area contributed by atoms with Crippen LogP contribution in [0.4, 0.5) is 9.18 Å². The number of nitrogens with zero attached hydrogens (tertiary/aromatic N) is 2. The minimum atomic E-state index is -0.277. The van der Waals surface area contributed by atoms with Crippen molar-refractivity contribution in [1.82, 2.24) is 20.2 Å². The molecule has 0 radical (unpaired) electrons. The van der Waals surface area contributed by atoms with E-state index in [9.17, 15) is 9.18 Å². The van der Waals surface area contributed by atoms with Gasteiger partial charge in [0.05, 0.1) is 11.0 Å². The molecule has 6 nitrogen and oxygen atoms in total. The number of aromatic nitrogens is 2. The fraction of sp³-hybridized carbons (Fsp3) is 0.529.